The number of anilines is 1. The number of hydrogen-bond acceptors (Lipinski definition) is 5. The third-order valence-electron chi connectivity index (χ3n) is 4.14. The molecule has 22 heavy (non-hydrogen) atoms. The number of fused-ring (bicyclic) bond motifs is 1. The van der Waals surface area contributed by atoms with E-state index in [0.29, 0.717) is 17.6 Å². The average molecular weight is 293 g/mol. The molecule has 5 nitrogen and oxygen atoms in total. The molecule has 1 aliphatic heterocycles. The summed E-state index contributed by atoms with van der Waals surface area (Å²) in [6.45, 7) is 5.11. The van der Waals surface area contributed by atoms with Crippen LogP contribution in [0.3, 0.4) is 0 Å². The van der Waals surface area contributed by atoms with E-state index in [-0.39, 0.29) is 0 Å². The highest BCUT2D eigenvalue weighted by Gasteiger charge is 2.20. The van der Waals surface area contributed by atoms with Crippen molar-refractivity contribution in [3.05, 3.63) is 53.2 Å². The molecular weight excluding hydrogens is 274 g/mol. The van der Waals surface area contributed by atoms with Crippen molar-refractivity contribution in [2.24, 2.45) is 0 Å². The Morgan fingerprint density at radius 3 is 2.77 bits per heavy atom. The molecule has 3 rings (SSSR count). The maximum atomic E-state index is 8.72. The van der Waals surface area contributed by atoms with Gasteiger partial charge in [0.25, 0.3) is 0 Å². The van der Waals surface area contributed by atoms with Gasteiger partial charge < -0.3 is 5.32 Å². The molecule has 0 bridgehead atoms. The van der Waals surface area contributed by atoms with Gasteiger partial charge in [0.1, 0.15) is 11.9 Å². The van der Waals surface area contributed by atoms with E-state index >= 15 is 0 Å². The largest absolute Gasteiger partial charge is 0.367 e. The van der Waals surface area contributed by atoms with Gasteiger partial charge in [0, 0.05) is 25.7 Å². The van der Waals surface area contributed by atoms with Crippen LogP contribution in [-0.4, -0.2) is 34.2 Å². The van der Waals surface area contributed by atoms with Gasteiger partial charge in [-0.2, -0.15) is 5.26 Å². The second-order valence-corrected chi connectivity index (χ2v) is 5.63. The van der Waals surface area contributed by atoms with Crippen LogP contribution in [0.15, 0.2) is 36.4 Å². The summed E-state index contributed by atoms with van der Waals surface area (Å²) in [5, 5.41) is 19.8. The summed E-state index contributed by atoms with van der Waals surface area (Å²) < 4.78 is 0. The Kier molecular flexibility index (Phi) is 4.31. The summed E-state index contributed by atoms with van der Waals surface area (Å²) in [6.07, 6.45) is 1.11. The lowest BCUT2D eigenvalue weighted by molar-refractivity contribution is 0.198. The zero-order chi connectivity index (χ0) is 15.4. The summed E-state index contributed by atoms with van der Waals surface area (Å²) in [5.41, 5.74) is 3.24. The standard InChI is InChI=1S/C17H19N5/c1-13(11-19-17-7-6-16(10-18)20-21-17)22-9-8-14-4-2-3-5-15(14)12-22/h2-7,13H,8-9,11-12H2,1H3,(H,19,21). The fourth-order valence-electron chi connectivity index (χ4n) is 2.76. The number of nitriles is 1. The van der Waals surface area contributed by atoms with E-state index in [1.54, 1.807) is 12.1 Å². The molecule has 1 unspecified atom stereocenters. The molecule has 2 aromatic rings. The molecule has 1 aromatic heterocycles. The van der Waals surface area contributed by atoms with Crippen molar-refractivity contribution in [3.63, 3.8) is 0 Å². The summed E-state index contributed by atoms with van der Waals surface area (Å²) >= 11 is 0. The van der Waals surface area contributed by atoms with E-state index < -0.39 is 0 Å². The lowest BCUT2D eigenvalue weighted by Crippen LogP contribution is -2.41. The van der Waals surface area contributed by atoms with Crippen LogP contribution in [0.25, 0.3) is 0 Å². The third kappa shape index (κ3) is 3.23. The van der Waals surface area contributed by atoms with Crippen LogP contribution < -0.4 is 5.32 Å². The number of rotatable bonds is 4. The molecule has 0 saturated carbocycles. The average Bonchev–Trinajstić information content (AvgIpc) is 2.59. The molecular formula is C17H19N5. The van der Waals surface area contributed by atoms with Crippen LogP contribution in [-0.2, 0) is 13.0 Å². The van der Waals surface area contributed by atoms with E-state index in [1.165, 1.54) is 11.1 Å². The number of nitrogens with zero attached hydrogens (tertiary/aromatic N) is 4. The fourth-order valence-corrected chi connectivity index (χ4v) is 2.76. The number of nitrogens with one attached hydrogen (secondary N) is 1. The molecule has 0 aliphatic carbocycles. The molecule has 0 saturated heterocycles. The predicted molar refractivity (Wildman–Crippen MR) is 85.3 cm³/mol. The number of hydrogen-bond donors (Lipinski definition) is 1. The predicted octanol–water partition coefficient (Wildman–Crippen LogP) is 2.21. The minimum atomic E-state index is 0.339. The van der Waals surface area contributed by atoms with Crippen molar-refractivity contribution in [1.82, 2.24) is 15.1 Å². The second-order valence-electron chi connectivity index (χ2n) is 5.63. The highest BCUT2D eigenvalue weighted by atomic mass is 15.2. The van der Waals surface area contributed by atoms with Crippen LogP contribution in [0.2, 0.25) is 0 Å². The highest BCUT2D eigenvalue weighted by molar-refractivity contribution is 5.35. The van der Waals surface area contributed by atoms with Crippen LogP contribution >= 0.6 is 0 Å². The van der Waals surface area contributed by atoms with Gasteiger partial charge in [0.05, 0.1) is 0 Å². The first kappa shape index (κ1) is 14.5. The molecule has 1 aromatic carbocycles. The van der Waals surface area contributed by atoms with Crippen LogP contribution in [0.4, 0.5) is 5.82 Å². The molecule has 0 fully saturated rings. The van der Waals surface area contributed by atoms with Gasteiger partial charge in [0.15, 0.2) is 5.69 Å². The van der Waals surface area contributed by atoms with E-state index in [9.17, 15) is 0 Å². The second kappa shape index (κ2) is 6.54. The molecule has 0 radical (unpaired) electrons. The first-order chi connectivity index (χ1) is 10.8. The smallest absolute Gasteiger partial charge is 0.163 e. The monoisotopic (exact) mass is 293 g/mol. The molecule has 112 valence electrons. The van der Waals surface area contributed by atoms with Crippen molar-refractivity contribution in [2.75, 3.05) is 18.4 Å². The van der Waals surface area contributed by atoms with E-state index in [1.807, 2.05) is 6.07 Å². The molecule has 0 spiro atoms. The maximum Gasteiger partial charge on any atom is 0.163 e. The Labute approximate surface area is 130 Å². The molecule has 1 atom stereocenters. The van der Waals surface area contributed by atoms with Gasteiger partial charge in [-0.3, -0.25) is 4.90 Å². The summed E-state index contributed by atoms with van der Waals surface area (Å²) in [6, 6.07) is 14.5. The third-order valence-corrected chi connectivity index (χ3v) is 4.14. The quantitative estimate of drug-likeness (QED) is 0.936. The summed E-state index contributed by atoms with van der Waals surface area (Å²) in [4.78, 5) is 2.48. The minimum Gasteiger partial charge on any atom is -0.367 e. The Balaban J connectivity index is 1.56. The van der Waals surface area contributed by atoms with Crippen molar-refractivity contribution in [3.8, 4) is 6.07 Å². The van der Waals surface area contributed by atoms with E-state index in [2.05, 4.69) is 51.6 Å². The number of aromatic nitrogens is 2. The first-order valence-electron chi connectivity index (χ1n) is 7.55. The van der Waals surface area contributed by atoms with Crippen molar-refractivity contribution >= 4 is 5.82 Å². The molecule has 2 heterocycles. The van der Waals surface area contributed by atoms with Crippen LogP contribution in [0.1, 0.15) is 23.7 Å². The fraction of sp³-hybridized carbons (Fsp3) is 0.353. The normalized spacial score (nSPS) is 15.6. The van der Waals surface area contributed by atoms with Crippen molar-refractivity contribution in [1.29, 1.82) is 5.26 Å². The van der Waals surface area contributed by atoms with Crippen molar-refractivity contribution in [2.45, 2.75) is 25.9 Å². The zero-order valence-electron chi connectivity index (χ0n) is 12.7. The number of benzene rings is 1. The maximum absolute atomic E-state index is 8.72. The lowest BCUT2D eigenvalue weighted by Gasteiger charge is -2.33. The summed E-state index contributed by atoms with van der Waals surface area (Å²) in [5.74, 6) is 0.711. The Hall–Kier alpha value is -2.45. The van der Waals surface area contributed by atoms with E-state index in [4.69, 9.17) is 5.26 Å². The van der Waals surface area contributed by atoms with Gasteiger partial charge in [0.2, 0.25) is 0 Å². The van der Waals surface area contributed by atoms with Crippen LogP contribution in [0, 0.1) is 11.3 Å². The molecule has 0 amide bonds. The van der Waals surface area contributed by atoms with Crippen LogP contribution in [0.5, 0.6) is 0 Å². The Morgan fingerprint density at radius 2 is 2.05 bits per heavy atom. The van der Waals surface area contributed by atoms with E-state index in [0.717, 1.165) is 26.1 Å². The SMILES string of the molecule is CC(CNc1ccc(C#N)nn1)N1CCc2ccccc2C1. The van der Waals surface area contributed by atoms with Gasteiger partial charge in [-0.15, -0.1) is 10.2 Å². The molecule has 1 N–H and O–H groups in total. The molecule has 1 aliphatic rings. The lowest BCUT2D eigenvalue weighted by atomic mass is 9.99. The minimum absolute atomic E-state index is 0.339. The van der Waals surface area contributed by atoms with Gasteiger partial charge in [-0.25, -0.2) is 0 Å². The Morgan fingerprint density at radius 1 is 1.23 bits per heavy atom. The first-order valence-corrected chi connectivity index (χ1v) is 7.55. The molecule has 5 heteroatoms. The topological polar surface area (TPSA) is 64.8 Å². The van der Waals surface area contributed by atoms with Gasteiger partial charge >= 0.3 is 0 Å². The zero-order valence-corrected chi connectivity index (χ0v) is 12.7. The summed E-state index contributed by atoms with van der Waals surface area (Å²) in [7, 11) is 0. The Bertz CT molecular complexity index is 674. The van der Waals surface area contributed by atoms with Crippen molar-refractivity contribution < 1.29 is 0 Å². The van der Waals surface area contributed by atoms with Gasteiger partial charge in [-0.1, -0.05) is 24.3 Å². The highest BCUT2D eigenvalue weighted by Crippen LogP contribution is 2.20. The van der Waals surface area contributed by atoms with Gasteiger partial charge in [-0.05, 0) is 36.6 Å².